The van der Waals surface area contributed by atoms with Gasteiger partial charge in [0.15, 0.2) is 17.3 Å². The molecule has 0 N–H and O–H groups in total. The van der Waals surface area contributed by atoms with Crippen LogP contribution in [-0.2, 0) is 4.74 Å². The van der Waals surface area contributed by atoms with E-state index in [1.54, 1.807) is 12.1 Å². The fourth-order valence-electron chi connectivity index (χ4n) is 2.21. The molecule has 96 valence electrons. The third-order valence-corrected chi connectivity index (χ3v) is 3.43. The minimum Gasteiger partial charge on any atom is -0.486 e. The Kier molecular flexibility index (Phi) is 3.14. The Morgan fingerprint density at radius 1 is 1.17 bits per heavy atom. The van der Waals surface area contributed by atoms with Crippen molar-refractivity contribution >= 4 is 17.4 Å². The number of hydrogen-bond acceptors (Lipinski definition) is 4. The van der Waals surface area contributed by atoms with E-state index in [9.17, 15) is 4.79 Å². The molecule has 1 saturated heterocycles. The zero-order valence-electron chi connectivity index (χ0n) is 9.78. The number of benzene rings is 1. The third-order valence-electron chi connectivity index (χ3n) is 3.12. The van der Waals surface area contributed by atoms with Crippen molar-refractivity contribution in [1.82, 2.24) is 0 Å². The van der Waals surface area contributed by atoms with Crippen molar-refractivity contribution in [2.24, 2.45) is 0 Å². The Balaban J connectivity index is 1.93. The highest BCUT2D eigenvalue weighted by Gasteiger charge is 2.28. The molecule has 0 amide bonds. The monoisotopic (exact) mass is 268 g/mol. The number of carbonyl (C=O) groups is 1. The average molecular weight is 269 g/mol. The van der Waals surface area contributed by atoms with Crippen LogP contribution in [0, 0.1) is 0 Å². The van der Waals surface area contributed by atoms with Gasteiger partial charge in [0.05, 0.1) is 5.02 Å². The first-order chi connectivity index (χ1) is 8.75. The van der Waals surface area contributed by atoms with E-state index in [0.717, 1.165) is 12.8 Å². The maximum Gasteiger partial charge on any atom is 0.193 e. The first kappa shape index (κ1) is 11.8. The Hall–Kier alpha value is -1.26. The van der Waals surface area contributed by atoms with Gasteiger partial charge in [-0.15, -0.1) is 0 Å². The summed E-state index contributed by atoms with van der Waals surface area (Å²) in [4.78, 5) is 12.2. The van der Waals surface area contributed by atoms with Gasteiger partial charge in [0, 0.05) is 18.2 Å². The fourth-order valence-corrected chi connectivity index (χ4v) is 2.46. The first-order valence-electron chi connectivity index (χ1n) is 6.00. The summed E-state index contributed by atoms with van der Waals surface area (Å²) < 4.78 is 16.3. The molecule has 2 aliphatic heterocycles. The van der Waals surface area contributed by atoms with Crippen LogP contribution in [-0.4, -0.2) is 31.7 Å². The number of Topliss-reactive ketones (excluding diaryl/α,β-unsaturated/α-hetero) is 1. The highest BCUT2D eigenvalue weighted by atomic mass is 35.5. The molecule has 1 aromatic carbocycles. The molecule has 1 unspecified atom stereocenters. The zero-order chi connectivity index (χ0) is 12.5. The van der Waals surface area contributed by atoms with E-state index in [0.29, 0.717) is 41.9 Å². The van der Waals surface area contributed by atoms with Crippen molar-refractivity contribution in [2.45, 2.75) is 18.9 Å². The topological polar surface area (TPSA) is 44.8 Å². The van der Waals surface area contributed by atoms with E-state index in [4.69, 9.17) is 25.8 Å². The second-order valence-electron chi connectivity index (χ2n) is 4.34. The van der Waals surface area contributed by atoms with Crippen molar-refractivity contribution in [3.05, 3.63) is 22.7 Å². The molecule has 1 aromatic rings. The summed E-state index contributed by atoms with van der Waals surface area (Å²) in [5, 5.41) is 0.389. The molecule has 1 atom stereocenters. The van der Waals surface area contributed by atoms with E-state index < -0.39 is 0 Å². The lowest BCUT2D eigenvalue weighted by molar-refractivity contribution is 0.0642. The smallest absolute Gasteiger partial charge is 0.193 e. The number of rotatable bonds is 2. The van der Waals surface area contributed by atoms with Crippen molar-refractivity contribution in [3.8, 4) is 11.5 Å². The number of halogens is 1. The molecule has 0 aromatic heterocycles. The molecular weight excluding hydrogens is 256 g/mol. The van der Waals surface area contributed by atoms with Crippen LogP contribution in [0.2, 0.25) is 5.02 Å². The zero-order valence-corrected chi connectivity index (χ0v) is 10.5. The van der Waals surface area contributed by atoms with Gasteiger partial charge >= 0.3 is 0 Å². The summed E-state index contributed by atoms with van der Waals surface area (Å²) in [7, 11) is 0. The maximum absolute atomic E-state index is 12.2. The normalized spacial score (nSPS) is 21.9. The van der Waals surface area contributed by atoms with E-state index in [1.807, 2.05) is 0 Å². The molecule has 0 saturated carbocycles. The summed E-state index contributed by atoms with van der Waals surface area (Å²) in [5.74, 6) is 1.09. The molecular formula is C13H13ClO4. The predicted molar refractivity (Wildman–Crippen MR) is 65.7 cm³/mol. The van der Waals surface area contributed by atoms with Crippen LogP contribution >= 0.6 is 11.6 Å². The van der Waals surface area contributed by atoms with E-state index in [1.165, 1.54) is 0 Å². The van der Waals surface area contributed by atoms with Gasteiger partial charge in [-0.3, -0.25) is 4.79 Å². The lowest BCUT2D eigenvalue weighted by Gasteiger charge is -2.20. The highest BCUT2D eigenvalue weighted by molar-refractivity contribution is 6.34. The standard InChI is InChI=1S/C13H13ClO4/c14-9-7-12-11(17-4-5-18-12)6-8(9)13(15)10-2-1-3-16-10/h6-7,10H,1-5H2. The van der Waals surface area contributed by atoms with Crippen molar-refractivity contribution in [1.29, 1.82) is 0 Å². The molecule has 18 heavy (non-hydrogen) atoms. The van der Waals surface area contributed by atoms with Crippen LogP contribution in [0.4, 0.5) is 0 Å². The van der Waals surface area contributed by atoms with Gasteiger partial charge in [0.2, 0.25) is 0 Å². The second-order valence-corrected chi connectivity index (χ2v) is 4.75. The van der Waals surface area contributed by atoms with Gasteiger partial charge in [-0.2, -0.15) is 0 Å². The Morgan fingerprint density at radius 3 is 2.56 bits per heavy atom. The van der Waals surface area contributed by atoms with E-state index in [2.05, 4.69) is 0 Å². The van der Waals surface area contributed by atoms with Gasteiger partial charge in [-0.1, -0.05) is 11.6 Å². The molecule has 2 aliphatic rings. The van der Waals surface area contributed by atoms with Crippen LogP contribution in [0.1, 0.15) is 23.2 Å². The second kappa shape index (κ2) is 4.78. The Morgan fingerprint density at radius 2 is 1.89 bits per heavy atom. The van der Waals surface area contributed by atoms with Gasteiger partial charge in [0.1, 0.15) is 19.3 Å². The molecule has 0 bridgehead atoms. The molecule has 0 aliphatic carbocycles. The molecule has 3 rings (SSSR count). The molecule has 4 nitrogen and oxygen atoms in total. The maximum atomic E-state index is 12.2. The minimum atomic E-state index is -0.370. The molecule has 0 radical (unpaired) electrons. The number of hydrogen-bond donors (Lipinski definition) is 0. The number of carbonyl (C=O) groups excluding carboxylic acids is 1. The lowest BCUT2D eigenvalue weighted by atomic mass is 10.0. The summed E-state index contributed by atoms with van der Waals surface area (Å²) in [6.45, 7) is 1.63. The van der Waals surface area contributed by atoms with Gasteiger partial charge in [0.25, 0.3) is 0 Å². The molecule has 5 heteroatoms. The molecule has 2 heterocycles. The number of ketones is 1. The van der Waals surface area contributed by atoms with E-state index in [-0.39, 0.29) is 11.9 Å². The van der Waals surface area contributed by atoms with Gasteiger partial charge < -0.3 is 14.2 Å². The SMILES string of the molecule is O=C(c1cc2c(cc1Cl)OCCO2)C1CCCO1. The van der Waals surface area contributed by atoms with Crippen LogP contribution in [0.3, 0.4) is 0 Å². The predicted octanol–water partition coefficient (Wildman–Crippen LogP) is 2.47. The molecule has 1 fully saturated rings. The van der Waals surface area contributed by atoms with Crippen LogP contribution < -0.4 is 9.47 Å². The lowest BCUT2D eigenvalue weighted by Crippen LogP contribution is -2.21. The van der Waals surface area contributed by atoms with Crippen LogP contribution in [0.25, 0.3) is 0 Å². The van der Waals surface area contributed by atoms with Crippen molar-refractivity contribution in [3.63, 3.8) is 0 Å². The summed E-state index contributed by atoms with van der Waals surface area (Å²) in [6, 6.07) is 3.29. The average Bonchev–Trinajstić information content (AvgIpc) is 2.91. The highest BCUT2D eigenvalue weighted by Crippen LogP contribution is 2.36. The summed E-state index contributed by atoms with van der Waals surface area (Å²) in [5.41, 5.74) is 0.452. The van der Waals surface area contributed by atoms with Gasteiger partial charge in [-0.05, 0) is 18.9 Å². The Labute approximate surface area is 110 Å². The summed E-state index contributed by atoms with van der Waals surface area (Å²) in [6.07, 6.45) is 1.30. The van der Waals surface area contributed by atoms with Crippen LogP contribution in [0.5, 0.6) is 11.5 Å². The van der Waals surface area contributed by atoms with Crippen LogP contribution in [0.15, 0.2) is 12.1 Å². The van der Waals surface area contributed by atoms with E-state index >= 15 is 0 Å². The minimum absolute atomic E-state index is 0.0746. The number of fused-ring (bicyclic) bond motifs is 1. The molecule has 0 spiro atoms. The quantitative estimate of drug-likeness (QED) is 0.773. The summed E-state index contributed by atoms with van der Waals surface area (Å²) >= 11 is 6.12. The van der Waals surface area contributed by atoms with Crippen molar-refractivity contribution in [2.75, 3.05) is 19.8 Å². The fraction of sp³-hybridized carbons (Fsp3) is 0.462. The van der Waals surface area contributed by atoms with Gasteiger partial charge in [-0.25, -0.2) is 0 Å². The number of ether oxygens (including phenoxy) is 3. The first-order valence-corrected chi connectivity index (χ1v) is 6.38. The van der Waals surface area contributed by atoms with Crippen molar-refractivity contribution < 1.29 is 19.0 Å². The Bertz CT molecular complexity index is 480. The largest absolute Gasteiger partial charge is 0.486 e. The third kappa shape index (κ3) is 2.06.